The molecule has 2 aromatic rings. The van der Waals surface area contributed by atoms with Crippen molar-refractivity contribution in [3.05, 3.63) is 70.3 Å². The van der Waals surface area contributed by atoms with Crippen molar-refractivity contribution in [2.45, 2.75) is 11.5 Å². The van der Waals surface area contributed by atoms with Crippen molar-refractivity contribution < 1.29 is 22.9 Å². The molecule has 2 aromatic carbocycles. The molecular weight excluding hydrogens is 324 g/mol. The zero-order valence-corrected chi connectivity index (χ0v) is 12.5. The van der Waals surface area contributed by atoms with Crippen molar-refractivity contribution in [2.75, 3.05) is 0 Å². The predicted molar refractivity (Wildman–Crippen MR) is 80.0 cm³/mol. The van der Waals surface area contributed by atoms with Crippen LogP contribution >= 0.6 is 0 Å². The van der Waals surface area contributed by atoms with Gasteiger partial charge in [-0.25, -0.2) is 17.9 Å². The highest BCUT2D eigenvalue weighted by Crippen LogP contribution is 2.15. The van der Waals surface area contributed by atoms with E-state index in [9.17, 15) is 23.3 Å². The first-order valence-electron chi connectivity index (χ1n) is 6.36. The van der Waals surface area contributed by atoms with E-state index in [1.165, 1.54) is 0 Å². The number of nitrogens with zero attached hydrogens (tertiary/aromatic N) is 1. The minimum atomic E-state index is -4.15. The lowest BCUT2D eigenvalue weighted by molar-refractivity contribution is -0.384. The fourth-order valence-corrected chi connectivity index (χ4v) is 2.56. The van der Waals surface area contributed by atoms with E-state index in [0.29, 0.717) is 5.56 Å². The Balaban J connectivity index is 1.99. The van der Waals surface area contributed by atoms with E-state index >= 15 is 0 Å². The maximum absolute atomic E-state index is 12.0. The standard InChI is InChI=1S/C14H12N2O6S/c17-14(22-10-11-4-2-1-3-5-11)15-23(20,21)13-8-6-12(7-9-13)16(18)19/h1-9H,10H2,(H,15,17). The Labute approximate surface area is 131 Å². The lowest BCUT2D eigenvalue weighted by Crippen LogP contribution is -2.31. The van der Waals surface area contributed by atoms with Gasteiger partial charge in [0.15, 0.2) is 0 Å². The first-order chi connectivity index (χ1) is 10.9. The molecule has 0 heterocycles. The minimum absolute atomic E-state index is 0.0809. The number of amides is 1. The van der Waals surface area contributed by atoms with Crippen LogP contribution in [0, 0.1) is 10.1 Å². The molecule has 0 aliphatic rings. The molecule has 0 atom stereocenters. The largest absolute Gasteiger partial charge is 0.444 e. The average Bonchev–Trinajstić information content (AvgIpc) is 2.53. The summed E-state index contributed by atoms with van der Waals surface area (Å²) in [5, 5.41) is 10.5. The van der Waals surface area contributed by atoms with Gasteiger partial charge >= 0.3 is 6.09 Å². The van der Waals surface area contributed by atoms with Gasteiger partial charge in [-0.1, -0.05) is 30.3 Å². The second kappa shape index (κ2) is 6.88. The van der Waals surface area contributed by atoms with Crippen LogP contribution in [0.5, 0.6) is 0 Å². The molecule has 0 bridgehead atoms. The summed E-state index contributed by atoms with van der Waals surface area (Å²) in [7, 11) is -4.15. The number of carbonyl (C=O) groups excluding carboxylic acids is 1. The predicted octanol–water partition coefficient (Wildman–Crippen LogP) is 2.21. The van der Waals surface area contributed by atoms with Gasteiger partial charge in [0.1, 0.15) is 6.61 Å². The molecule has 0 aromatic heterocycles. The maximum Gasteiger partial charge on any atom is 0.421 e. The third-order valence-electron chi connectivity index (χ3n) is 2.79. The van der Waals surface area contributed by atoms with E-state index < -0.39 is 21.0 Å². The molecule has 0 fully saturated rings. The normalized spacial score (nSPS) is 10.8. The number of rotatable bonds is 5. The van der Waals surface area contributed by atoms with Crippen LogP contribution in [0.2, 0.25) is 0 Å². The molecular formula is C14H12N2O6S. The molecule has 9 heteroatoms. The summed E-state index contributed by atoms with van der Waals surface area (Å²) >= 11 is 0. The molecule has 8 nitrogen and oxygen atoms in total. The number of sulfonamides is 1. The Bertz CT molecular complexity index is 803. The summed E-state index contributed by atoms with van der Waals surface area (Å²) in [4.78, 5) is 21.2. The molecule has 2 rings (SSSR count). The highest BCUT2D eigenvalue weighted by molar-refractivity contribution is 7.90. The number of benzene rings is 2. The third kappa shape index (κ3) is 4.51. The number of non-ortho nitro benzene ring substituents is 1. The molecule has 0 saturated heterocycles. The van der Waals surface area contributed by atoms with E-state index in [1.807, 2.05) is 0 Å². The molecule has 0 saturated carbocycles. The molecule has 120 valence electrons. The van der Waals surface area contributed by atoms with Crippen LogP contribution in [-0.2, 0) is 21.4 Å². The Morgan fingerprint density at radius 2 is 1.70 bits per heavy atom. The number of nitro benzene ring substituents is 1. The Morgan fingerprint density at radius 3 is 2.26 bits per heavy atom. The summed E-state index contributed by atoms with van der Waals surface area (Å²) in [6, 6.07) is 12.9. The minimum Gasteiger partial charge on any atom is -0.444 e. The summed E-state index contributed by atoms with van der Waals surface area (Å²) in [5.41, 5.74) is 0.450. The molecule has 0 unspecified atom stereocenters. The fourth-order valence-electron chi connectivity index (χ4n) is 1.67. The number of carbonyl (C=O) groups is 1. The number of hydrogen-bond acceptors (Lipinski definition) is 6. The van der Waals surface area contributed by atoms with E-state index in [-0.39, 0.29) is 17.2 Å². The maximum atomic E-state index is 12.0. The van der Waals surface area contributed by atoms with Gasteiger partial charge in [0.2, 0.25) is 0 Å². The molecule has 0 spiro atoms. The highest BCUT2D eigenvalue weighted by Gasteiger charge is 2.19. The van der Waals surface area contributed by atoms with Crippen LogP contribution in [0.15, 0.2) is 59.5 Å². The molecule has 0 radical (unpaired) electrons. The molecule has 1 amide bonds. The van der Waals surface area contributed by atoms with Crippen LogP contribution < -0.4 is 4.72 Å². The number of ether oxygens (including phenoxy) is 1. The van der Waals surface area contributed by atoms with Gasteiger partial charge in [-0.3, -0.25) is 10.1 Å². The zero-order chi connectivity index (χ0) is 16.9. The van der Waals surface area contributed by atoms with Gasteiger partial charge in [-0.2, -0.15) is 0 Å². The van der Waals surface area contributed by atoms with Crippen LogP contribution in [0.25, 0.3) is 0 Å². The monoisotopic (exact) mass is 336 g/mol. The first kappa shape index (κ1) is 16.4. The SMILES string of the molecule is O=C(NS(=O)(=O)c1ccc([N+](=O)[O-])cc1)OCc1ccccc1. The van der Waals surface area contributed by atoms with Crippen molar-refractivity contribution in [2.24, 2.45) is 0 Å². The second-order valence-corrected chi connectivity index (χ2v) is 6.10. The number of nitro groups is 1. The quantitative estimate of drug-likeness (QED) is 0.661. The topological polar surface area (TPSA) is 116 Å². The zero-order valence-electron chi connectivity index (χ0n) is 11.7. The molecule has 0 aliphatic heterocycles. The van der Waals surface area contributed by atoms with E-state index in [0.717, 1.165) is 24.3 Å². The van der Waals surface area contributed by atoms with Gasteiger partial charge in [0, 0.05) is 12.1 Å². The summed E-state index contributed by atoms with van der Waals surface area (Å²) in [6.45, 7) is -0.0809. The summed E-state index contributed by atoms with van der Waals surface area (Å²) in [5.74, 6) is 0. The van der Waals surface area contributed by atoms with Crippen LogP contribution in [-0.4, -0.2) is 19.4 Å². The van der Waals surface area contributed by atoms with Gasteiger partial charge in [0.05, 0.1) is 9.82 Å². The van der Waals surface area contributed by atoms with Crippen LogP contribution in [0.1, 0.15) is 5.56 Å². The van der Waals surface area contributed by atoms with Crippen LogP contribution in [0.4, 0.5) is 10.5 Å². The Morgan fingerprint density at radius 1 is 1.09 bits per heavy atom. The van der Waals surface area contributed by atoms with Crippen molar-refractivity contribution >= 4 is 21.8 Å². The van der Waals surface area contributed by atoms with E-state index in [1.54, 1.807) is 35.1 Å². The van der Waals surface area contributed by atoms with E-state index in [2.05, 4.69) is 0 Å². The smallest absolute Gasteiger partial charge is 0.421 e. The lowest BCUT2D eigenvalue weighted by Gasteiger charge is -2.08. The summed E-state index contributed by atoms with van der Waals surface area (Å²) in [6.07, 6.45) is -1.13. The van der Waals surface area contributed by atoms with E-state index in [4.69, 9.17) is 4.74 Å². The van der Waals surface area contributed by atoms with Crippen molar-refractivity contribution in [1.82, 2.24) is 4.72 Å². The van der Waals surface area contributed by atoms with Gasteiger partial charge in [-0.05, 0) is 17.7 Å². The highest BCUT2D eigenvalue weighted by atomic mass is 32.2. The second-order valence-electron chi connectivity index (χ2n) is 4.42. The van der Waals surface area contributed by atoms with Crippen molar-refractivity contribution in [3.63, 3.8) is 0 Å². The van der Waals surface area contributed by atoms with Gasteiger partial charge in [-0.15, -0.1) is 0 Å². The van der Waals surface area contributed by atoms with Crippen molar-refractivity contribution in [1.29, 1.82) is 0 Å². The fraction of sp³-hybridized carbons (Fsp3) is 0.0714. The summed E-state index contributed by atoms with van der Waals surface area (Å²) < 4.78 is 30.4. The van der Waals surface area contributed by atoms with Crippen molar-refractivity contribution in [3.8, 4) is 0 Å². The Kier molecular flexibility index (Phi) is 4.91. The molecule has 1 N–H and O–H groups in total. The number of nitrogens with one attached hydrogen (secondary N) is 1. The van der Waals surface area contributed by atoms with Gasteiger partial charge < -0.3 is 4.74 Å². The first-order valence-corrected chi connectivity index (χ1v) is 7.85. The Hall–Kier alpha value is -2.94. The molecule has 0 aliphatic carbocycles. The average molecular weight is 336 g/mol. The van der Waals surface area contributed by atoms with Crippen LogP contribution in [0.3, 0.4) is 0 Å². The number of hydrogen-bond donors (Lipinski definition) is 1. The lowest BCUT2D eigenvalue weighted by atomic mass is 10.2. The van der Waals surface area contributed by atoms with Gasteiger partial charge in [0.25, 0.3) is 15.7 Å². The molecule has 23 heavy (non-hydrogen) atoms. The third-order valence-corrected chi connectivity index (χ3v) is 4.12.